The molecule has 9 heteroatoms. The van der Waals surface area contributed by atoms with Crippen molar-refractivity contribution in [2.45, 2.75) is 19.4 Å². The van der Waals surface area contributed by atoms with E-state index in [1.54, 1.807) is 29.3 Å². The normalized spacial score (nSPS) is 14.9. The number of carbonyl (C=O) groups excluding carboxylic acids is 2. The third kappa shape index (κ3) is 4.73. The average molecular weight is 450 g/mol. The molecule has 9 nitrogen and oxygen atoms in total. The molecular weight excluding hydrogens is 424 g/mol. The molecule has 0 radical (unpaired) electrons. The van der Waals surface area contributed by atoms with Crippen molar-refractivity contribution in [1.29, 1.82) is 0 Å². The van der Waals surface area contributed by atoms with E-state index in [9.17, 15) is 19.8 Å². The monoisotopic (exact) mass is 450 g/mol. The van der Waals surface area contributed by atoms with Crippen LogP contribution in [-0.2, 0) is 14.3 Å². The van der Waals surface area contributed by atoms with Crippen LogP contribution in [0, 0.1) is 6.92 Å². The molecule has 2 N–H and O–H groups in total. The lowest BCUT2D eigenvalue weighted by molar-refractivity contribution is -0.150. The minimum atomic E-state index is -1.40. The Bertz CT molecular complexity index is 1190. The van der Waals surface area contributed by atoms with Gasteiger partial charge in [0, 0.05) is 43.4 Å². The number of carbonyl (C=O) groups is 2. The van der Waals surface area contributed by atoms with Crippen LogP contribution in [0.1, 0.15) is 12.0 Å². The van der Waals surface area contributed by atoms with E-state index in [0.29, 0.717) is 37.6 Å². The van der Waals surface area contributed by atoms with E-state index < -0.39 is 18.0 Å². The van der Waals surface area contributed by atoms with Crippen molar-refractivity contribution in [1.82, 2.24) is 14.9 Å². The first-order chi connectivity index (χ1) is 15.9. The number of phenols is 1. The number of rotatable bonds is 5. The van der Waals surface area contributed by atoms with Gasteiger partial charge < -0.3 is 24.7 Å². The van der Waals surface area contributed by atoms with Crippen LogP contribution < -0.4 is 4.90 Å². The molecule has 4 rings (SSSR count). The van der Waals surface area contributed by atoms with Gasteiger partial charge in [0.25, 0.3) is 5.91 Å². The van der Waals surface area contributed by atoms with E-state index in [0.717, 1.165) is 22.2 Å². The smallest absolute Gasteiger partial charge is 0.308 e. The molecule has 33 heavy (non-hydrogen) atoms. The maximum atomic E-state index is 12.5. The predicted octanol–water partition coefficient (Wildman–Crippen LogP) is 1.88. The van der Waals surface area contributed by atoms with Crippen molar-refractivity contribution in [3.8, 4) is 17.1 Å². The van der Waals surface area contributed by atoms with Crippen molar-refractivity contribution in [2.75, 3.05) is 38.2 Å². The van der Waals surface area contributed by atoms with Gasteiger partial charge in [0.1, 0.15) is 11.9 Å². The Morgan fingerprint density at radius 1 is 1.15 bits per heavy atom. The molecule has 1 aliphatic heterocycles. The number of aliphatic hydroxyl groups is 1. The molecule has 1 atom stereocenters. The molecule has 2 heterocycles. The number of para-hydroxylation sites is 1. The number of nitrogens with zero attached hydrogens (tertiary/aromatic N) is 4. The van der Waals surface area contributed by atoms with Crippen LogP contribution in [0.2, 0.25) is 0 Å². The highest BCUT2D eigenvalue weighted by molar-refractivity contribution is 5.93. The molecule has 1 aliphatic rings. The third-order valence-electron chi connectivity index (χ3n) is 5.77. The van der Waals surface area contributed by atoms with Crippen LogP contribution in [0.15, 0.2) is 42.6 Å². The molecule has 1 saturated heterocycles. The van der Waals surface area contributed by atoms with Crippen LogP contribution in [0.3, 0.4) is 0 Å². The number of amides is 1. The lowest BCUT2D eigenvalue weighted by Gasteiger charge is -2.37. The lowest BCUT2D eigenvalue weighted by Crippen LogP contribution is -2.51. The second kappa shape index (κ2) is 9.41. The van der Waals surface area contributed by atoms with Gasteiger partial charge in [-0.05, 0) is 36.8 Å². The van der Waals surface area contributed by atoms with E-state index in [-0.39, 0.29) is 12.2 Å². The second-order valence-electron chi connectivity index (χ2n) is 8.04. The zero-order chi connectivity index (χ0) is 23.5. The number of aryl methyl sites for hydroxylation is 1. The van der Waals surface area contributed by atoms with Gasteiger partial charge in [0.05, 0.1) is 24.6 Å². The molecule has 0 aliphatic carbocycles. The fraction of sp³-hybridized carbons (Fsp3) is 0.333. The molecular formula is C24H26N4O5. The van der Waals surface area contributed by atoms with E-state index >= 15 is 0 Å². The summed E-state index contributed by atoms with van der Waals surface area (Å²) in [6.45, 7) is 3.97. The number of ether oxygens (including phenoxy) is 1. The maximum Gasteiger partial charge on any atom is 0.308 e. The number of fused-ring (bicyclic) bond motifs is 1. The van der Waals surface area contributed by atoms with Gasteiger partial charge in [-0.3, -0.25) is 9.59 Å². The van der Waals surface area contributed by atoms with E-state index in [2.05, 4.69) is 25.7 Å². The summed E-state index contributed by atoms with van der Waals surface area (Å²) in [5, 5.41) is 21.1. The Balaban J connectivity index is 1.54. The number of methoxy groups -OCH3 is 1. The molecule has 0 bridgehead atoms. The van der Waals surface area contributed by atoms with Gasteiger partial charge >= 0.3 is 5.97 Å². The van der Waals surface area contributed by atoms with E-state index in [1.165, 1.54) is 7.11 Å². The molecule has 0 unspecified atom stereocenters. The molecule has 1 amide bonds. The van der Waals surface area contributed by atoms with Gasteiger partial charge in [-0.2, -0.15) is 0 Å². The summed E-state index contributed by atoms with van der Waals surface area (Å²) in [5.41, 5.74) is 3.34. The van der Waals surface area contributed by atoms with Crippen molar-refractivity contribution in [3.05, 3.63) is 48.2 Å². The SMILES string of the molecule is COC(=O)C[C@@H](O)C(=O)N1CCN(c2cc(C)cc3nc(-c4ccccc4O)ncc23)CC1. The molecule has 2 aromatic carbocycles. The average Bonchev–Trinajstić information content (AvgIpc) is 2.83. The number of piperazine rings is 1. The van der Waals surface area contributed by atoms with E-state index in [1.807, 2.05) is 19.1 Å². The van der Waals surface area contributed by atoms with Crippen LogP contribution >= 0.6 is 0 Å². The first-order valence-corrected chi connectivity index (χ1v) is 10.7. The number of phenolic OH excluding ortho intramolecular Hbond substituents is 1. The number of benzene rings is 2. The third-order valence-corrected chi connectivity index (χ3v) is 5.77. The summed E-state index contributed by atoms with van der Waals surface area (Å²) in [6, 6.07) is 11.0. The molecule has 0 saturated carbocycles. The number of hydrogen-bond acceptors (Lipinski definition) is 8. The van der Waals surface area contributed by atoms with Crippen LogP contribution in [0.25, 0.3) is 22.3 Å². The quantitative estimate of drug-likeness (QED) is 0.566. The first kappa shape index (κ1) is 22.5. The van der Waals surface area contributed by atoms with Crippen molar-refractivity contribution in [3.63, 3.8) is 0 Å². The summed E-state index contributed by atoms with van der Waals surface area (Å²) in [4.78, 5) is 36.7. The summed E-state index contributed by atoms with van der Waals surface area (Å²) >= 11 is 0. The Kier molecular flexibility index (Phi) is 6.41. The van der Waals surface area contributed by atoms with Crippen LogP contribution in [0.5, 0.6) is 5.75 Å². The molecule has 172 valence electrons. The summed E-state index contributed by atoms with van der Waals surface area (Å²) in [7, 11) is 1.22. The number of hydrogen-bond donors (Lipinski definition) is 2. The standard InChI is InChI=1S/C24H26N4O5/c1-15-11-18-17(14-25-23(26-18)16-5-3-4-6-20(16)29)19(12-15)27-7-9-28(10-8-27)24(32)21(30)13-22(31)33-2/h3-6,11-12,14,21,29-30H,7-10,13H2,1-2H3/t21-/m1/s1. The van der Waals surface area contributed by atoms with Gasteiger partial charge in [0.2, 0.25) is 0 Å². The molecule has 1 aromatic heterocycles. The lowest BCUT2D eigenvalue weighted by atomic mass is 10.1. The fourth-order valence-corrected chi connectivity index (χ4v) is 4.01. The largest absolute Gasteiger partial charge is 0.507 e. The van der Waals surface area contributed by atoms with Gasteiger partial charge in [0.15, 0.2) is 5.82 Å². The maximum absolute atomic E-state index is 12.5. The second-order valence-corrected chi connectivity index (χ2v) is 8.04. The number of aromatic hydroxyl groups is 1. The highest BCUT2D eigenvalue weighted by Gasteiger charge is 2.28. The first-order valence-electron chi connectivity index (χ1n) is 10.7. The van der Waals surface area contributed by atoms with Crippen molar-refractivity contribution < 1.29 is 24.5 Å². The van der Waals surface area contributed by atoms with Crippen LogP contribution in [-0.4, -0.2) is 76.4 Å². The minimum Gasteiger partial charge on any atom is -0.507 e. The minimum absolute atomic E-state index is 0.125. The number of aromatic nitrogens is 2. The highest BCUT2D eigenvalue weighted by atomic mass is 16.5. The summed E-state index contributed by atoms with van der Waals surface area (Å²) < 4.78 is 4.52. The Morgan fingerprint density at radius 3 is 2.58 bits per heavy atom. The van der Waals surface area contributed by atoms with Crippen LogP contribution in [0.4, 0.5) is 5.69 Å². The topological polar surface area (TPSA) is 116 Å². The van der Waals surface area contributed by atoms with Gasteiger partial charge in [-0.25, -0.2) is 9.97 Å². The Hall–Kier alpha value is -3.72. The molecule has 3 aromatic rings. The van der Waals surface area contributed by atoms with Gasteiger partial charge in [-0.1, -0.05) is 12.1 Å². The van der Waals surface area contributed by atoms with Crippen molar-refractivity contribution >= 4 is 28.5 Å². The number of anilines is 1. The number of esters is 1. The Labute approximate surface area is 191 Å². The number of aliphatic hydroxyl groups excluding tert-OH is 1. The molecule has 1 fully saturated rings. The zero-order valence-electron chi connectivity index (χ0n) is 18.6. The van der Waals surface area contributed by atoms with Crippen molar-refractivity contribution in [2.24, 2.45) is 0 Å². The summed E-state index contributed by atoms with van der Waals surface area (Å²) in [5.74, 6) is -0.513. The zero-order valence-corrected chi connectivity index (χ0v) is 18.6. The predicted molar refractivity (Wildman–Crippen MR) is 123 cm³/mol. The molecule has 0 spiro atoms. The van der Waals surface area contributed by atoms with E-state index in [4.69, 9.17) is 0 Å². The fourth-order valence-electron chi connectivity index (χ4n) is 4.01. The highest BCUT2D eigenvalue weighted by Crippen LogP contribution is 2.31. The summed E-state index contributed by atoms with van der Waals surface area (Å²) in [6.07, 6.45) is 0.00984. The Morgan fingerprint density at radius 2 is 1.88 bits per heavy atom. The van der Waals surface area contributed by atoms with Gasteiger partial charge in [-0.15, -0.1) is 0 Å².